The fourth-order valence-electron chi connectivity index (χ4n) is 1.78. The number of benzene rings is 1. The predicted molar refractivity (Wildman–Crippen MR) is 75.5 cm³/mol. The van der Waals surface area contributed by atoms with Crippen LogP contribution in [0.2, 0.25) is 0 Å². The summed E-state index contributed by atoms with van der Waals surface area (Å²) in [5.41, 5.74) is 0.111. The van der Waals surface area contributed by atoms with Crippen LogP contribution in [0.3, 0.4) is 0 Å². The van der Waals surface area contributed by atoms with Gasteiger partial charge in [-0.2, -0.15) is 0 Å². The molecule has 0 spiro atoms. The molecular formula is C15H20FNO4. The van der Waals surface area contributed by atoms with Crippen LogP contribution in [0.1, 0.15) is 44.4 Å². The molecule has 0 bridgehead atoms. The molecule has 2 N–H and O–H groups in total. The molecule has 1 amide bonds. The molecule has 0 heterocycles. The molecule has 0 aliphatic rings. The van der Waals surface area contributed by atoms with Crippen molar-refractivity contribution in [1.29, 1.82) is 0 Å². The zero-order valence-corrected chi connectivity index (χ0v) is 12.6. The second-order valence-corrected chi connectivity index (χ2v) is 5.82. The normalized spacial score (nSPS) is 12.6. The molecule has 116 valence electrons. The third kappa shape index (κ3) is 5.81. The van der Waals surface area contributed by atoms with Crippen LogP contribution in [0.4, 0.5) is 9.18 Å². The first-order valence-corrected chi connectivity index (χ1v) is 6.56. The maximum atomic E-state index is 14.0. The van der Waals surface area contributed by atoms with Crippen molar-refractivity contribution in [2.45, 2.75) is 45.8 Å². The maximum absolute atomic E-state index is 14.0. The zero-order valence-electron chi connectivity index (χ0n) is 12.6. The Labute approximate surface area is 123 Å². The first kappa shape index (κ1) is 16.9. The van der Waals surface area contributed by atoms with Crippen LogP contribution >= 0.6 is 0 Å². The standard InChI is InChI=1S/C15H20FNO4/c1-9-5-6-10(11(16)7-9)12(8-13(18)19)17-14(20)21-15(2,3)4/h5-7,12H,8H2,1-4H3,(H,17,20)(H,18,19)/t12-/m1/s1. The molecule has 0 fully saturated rings. The Bertz CT molecular complexity index is 537. The number of alkyl carbamates (subject to hydrolysis) is 1. The zero-order chi connectivity index (χ0) is 16.2. The molecule has 21 heavy (non-hydrogen) atoms. The Morgan fingerprint density at radius 3 is 2.48 bits per heavy atom. The Morgan fingerprint density at radius 1 is 1.38 bits per heavy atom. The van der Waals surface area contributed by atoms with E-state index in [1.54, 1.807) is 33.8 Å². The van der Waals surface area contributed by atoms with E-state index in [1.165, 1.54) is 12.1 Å². The van der Waals surface area contributed by atoms with Gasteiger partial charge in [-0.25, -0.2) is 9.18 Å². The summed E-state index contributed by atoms with van der Waals surface area (Å²) < 4.78 is 19.0. The van der Waals surface area contributed by atoms with Crippen LogP contribution in [0.25, 0.3) is 0 Å². The number of carbonyl (C=O) groups excluding carboxylic acids is 1. The van der Waals surface area contributed by atoms with Crippen molar-refractivity contribution < 1.29 is 23.8 Å². The highest BCUT2D eigenvalue weighted by atomic mass is 19.1. The molecule has 0 aliphatic carbocycles. The number of hydrogen-bond donors (Lipinski definition) is 2. The highest BCUT2D eigenvalue weighted by Gasteiger charge is 2.24. The molecule has 0 radical (unpaired) electrons. The van der Waals surface area contributed by atoms with Gasteiger partial charge in [0.15, 0.2) is 0 Å². The first-order valence-electron chi connectivity index (χ1n) is 6.56. The predicted octanol–water partition coefficient (Wildman–Crippen LogP) is 3.17. The quantitative estimate of drug-likeness (QED) is 0.895. The minimum Gasteiger partial charge on any atom is -0.481 e. The lowest BCUT2D eigenvalue weighted by Gasteiger charge is -2.23. The Morgan fingerprint density at radius 2 is 2.00 bits per heavy atom. The van der Waals surface area contributed by atoms with E-state index in [1.807, 2.05) is 0 Å². The van der Waals surface area contributed by atoms with E-state index in [0.29, 0.717) is 5.56 Å². The number of nitrogens with one attached hydrogen (secondary N) is 1. The molecule has 0 saturated heterocycles. The Hall–Kier alpha value is -2.11. The number of ether oxygens (including phenoxy) is 1. The van der Waals surface area contributed by atoms with Crippen LogP contribution in [0.15, 0.2) is 18.2 Å². The molecule has 6 heteroatoms. The number of carboxylic acid groups (broad SMARTS) is 1. The van der Waals surface area contributed by atoms with Crippen LogP contribution in [0, 0.1) is 12.7 Å². The van der Waals surface area contributed by atoms with Crippen molar-refractivity contribution in [2.75, 3.05) is 0 Å². The molecule has 0 aliphatic heterocycles. The van der Waals surface area contributed by atoms with Crippen LogP contribution in [0.5, 0.6) is 0 Å². The number of amides is 1. The van der Waals surface area contributed by atoms with Crippen molar-refractivity contribution in [3.63, 3.8) is 0 Å². The number of aliphatic carboxylic acids is 1. The Balaban J connectivity index is 2.95. The summed E-state index contributed by atoms with van der Waals surface area (Å²) in [4.78, 5) is 22.7. The smallest absolute Gasteiger partial charge is 0.408 e. The molecule has 0 aromatic heterocycles. The largest absolute Gasteiger partial charge is 0.481 e. The molecule has 1 rings (SSSR count). The number of carboxylic acids is 1. The van der Waals surface area contributed by atoms with Gasteiger partial charge in [-0.05, 0) is 39.3 Å². The maximum Gasteiger partial charge on any atom is 0.408 e. The fraction of sp³-hybridized carbons (Fsp3) is 0.467. The lowest BCUT2D eigenvalue weighted by molar-refractivity contribution is -0.137. The number of halogens is 1. The first-order chi connectivity index (χ1) is 9.58. The molecule has 5 nitrogen and oxygen atoms in total. The van der Waals surface area contributed by atoms with Gasteiger partial charge < -0.3 is 15.2 Å². The van der Waals surface area contributed by atoms with E-state index >= 15 is 0 Å². The topological polar surface area (TPSA) is 75.6 Å². The highest BCUT2D eigenvalue weighted by molar-refractivity contribution is 5.72. The Kier molecular flexibility index (Phi) is 5.29. The SMILES string of the molecule is Cc1ccc([C@@H](CC(=O)O)NC(=O)OC(C)(C)C)c(F)c1. The van der Waals surface area contributed by atoms with Gasteiger partial charge in [0.25, 0.3) is 0 Å². The van der Waals surface area contributed by atoms with Crippen molar-refractivity contribution in [3.8, 4) is 0 Å². The number of hydrogen-bond acceptors (Lipinski definition) is 3. The van der Waals surface area contributed by atoms with Crippen LogP contribution < -0.4 is 5.32 Å². The van der Waals surface area contributed by atoms with Gasteiger partial charge in [0.2, 0.25) is 0 Å². The van der Waals surface area contributed by atoms with Gasteiger partial charge in [0.05, 0.1) is 12.5 Å². The van der Waals surface area contributed by atoms with E-state index in [9.17, 15) is 14.0 Å². The minimum atomic E-state index is -1.14. The fourth-order valence-corrected chi connectivity index (χ4v) is 1.78. The summed E-state index contributed by atoms with van der Waals surface area (Å²) in [6.45, 7) is 6.78. The van der Waals surface area contributed by atoms with Gasteiger partial charge in [-0.3, -0.25) is 4.79 Å². The summed E-state index contributed by atoms with van der Waals surface area (Å²) in [5, 5.41) is 11.3. The monoisotopic (exact) mass is 297 g/mol. The van der Waals surface area contributed by atoms with Gasteiger partial charge >= 0.3 is 12.1 Å². The third-order valence-electron chi connectivity index (χ3n) is 2.60. The second kappa shape index (κ2) is 6.56. The van der Waals surface area contributed by atoms with Crippen LogP contribution in [-0.4, -0.2) is 22.8 Å². The summed E-state index contributed by atoms with van der Waals surface area (Å²) in [6.07, 6.45) is -1.21. The number of carbonyl (C=O) groups is 2. The average Bonchev–Trinajstić information content (AvgIpc) is 2.24. The van der Waals surface area contributed by atoms with Gasteiger partial charge in [0.1, 0.15) is 11.4 Å². The van der Waals surface area contributed by atoms with Crippen molar-refractivity contribution >= 4 is 12.1 Å². The minimum absolute atomic E-state index is 0.119. The summed E-state index contributed by atoms with van der Waals surface area (Å²) >= 11 is 0. The van der Waals surface area contributed by atoms with Gasteiger partial charge in [-0.15, -0.1) is 0 Å². The van der Waals surface area contributed by atoms with E-state index in [-0.39, 0.29) is 5.56 Å². The summed E-state index contributed by atoms with van der Waals surface area (Å²) in [7, 11) is 0. The number of rotatable bonds is 4. The lowest BCUT2D eigenvalue weighted by atomic mass is 10.0. The highest BCUT2D eigenvalue weighted by Crippen LogP contribution is 2.22. The lowest BCUT2D eigenvalue weighted by Crippen LogP contribution is -2.36. The van der Waals surface area contributed by atoms with E-state index in [4.69, 9.17) is 9.84 Å². The average molecular weight is 297 g/mol. The molecule has 1 atom stereocenters. The molecule has 0 saturated carbocycles. The van der Waals surface area contributed by atoms with Gasteiger partial charge in [-0.1, -0.05) is 12.1 Å². The molecule has 0 unspecified atom stereocenters. The second-order valence-electron chi connectivity index (χ2n) is 5.82. The van der Waals surface area contributed by atoms with Crippen molar-refractivity contribution in [3.05, 3.63) is 35.1 Å². The third-order valence-corrected chi connectivity index (χ3v) is 2.60. The summed E-state index contributed by atoms with van der Waals surface area (Å²) in [6, 6.07) is 3.43. The van der Waals surface area contributed by atoms with E-state index in [0.717, 1.165) is 0 Å². The van der Waals surface area contributed by atoms with E-state index in [2.05, 4.69) is 5.32 Å². The van der Waals surface area contributed by atoms with Crippen molar-refractivity contribution in [2.24, 2.45) is 0 Å². The molecular weight excluding hydrogens is 277 g/mol. The molecule has 1 aromatic rings. The number of aryl methyl sites for hydroxylation is 1. The molecule has 1 aromatic carbocycles. The van der Waals surface area contributed by atoms with E-state index < -0.39 is 35.9 Å². The van der Waals surface area contributed by atoms with Crippen LogP contribution in [-0.2, 0) is 9.53 Å². The summed E-state index contributed by atoms with van der Waals surface area (Å²) in [5.74, 6) is -1.70. The van der Waals surface area contributed by atoms with Gasteiger partial charge in [0, 0.05) is 5.56 Å². The van der Waals surface area contributed by atoms with Crippen molar-refractivity contribution in [1.82, 2.24) is 5.32 Å².